The van der Waals surface area contributed by atoms with E-state index in [4.69, 9.17) is 9.84 Å². The van der Waals surface area contributed by atoms with Gasteiger partial charge in [0, 0.05) is 12.2 Å². The van der Waals surface area contributed by atoms with Gasteiger partial charge >= 0.3 is 0 Å². The van der Waals surface area contributed by atoms with Crippen molar-refractivity contribution in [1.29, 1.82) is 0 Å². The molecule has 0 unspecified atom stereocenters. The molecule has 146 valence electrons. The molecule has 0 radical (unpaired) electrons. The SMILES string of the molecule is CCCCCCCC[C@H](O)/C=C/C=C/c1ccccc1OCCCCO. The topological polar surface area (TPSA) is 49.7 Å². The van der Waals surface area contributed by atoms with E-state index in [1.807, 2.05) is 48.6 Å². The minimum Gasteiger partial charge on any atom is -0.493 e. The number of rotatable bonds is 15. The first-order valence-corrected chi connectivity index (χ1v) is 10.1. The van der Waals surface area contributed by atoms with Crippen molar-refractivity contribution in [3.8, 4) is 5.75 Å². The molecule has 0 amide bonds. The number of hydrogen-bond donors (Lipinski definition) is 2. The summed E-state index contributed by atoms with van der Waals surface area (Å²) in [7, 11) is 0. The molecule has 0 fully saturated rings. The molecule has 1 aromatic rings. The Morgan fingerprint density at radius 1 is 0.962 bits per heavy atom. The van der Waals surface area contributed by atoms with Crippen molar-refractivity contribution in [2.24, 2.45) is 0 Å². The van der Waals surface area contributed by atoms with Crippen LogP contribution < -0.4 is 4.74 Å². The summed E-state index contributed by atoms with van der Waals surface area (Å²) in [5.41, 5.74) is 1.02. The lowest BCUT2D eigenvalue weighted by atomic mass is 10.1. The summed E-state index contributed by atoms with van der Waals surface area (Å²) in [5, 5.41) is 18.8. The van der Waals surface area contributed by atoms with Crippen LogP contribution in [-0.4, -0.2) is 29.5 Å². The van der Waals surface area contributed by atoms with Crippen LogP contribution in [0.5, 0.6) is 5.75 Å². The molecular formula is C23H36O3. The minimum atomic E-state index is -0.365. The van der Waals surface area contributed by atoms with Crippen molar-refractivity contribution >= 4 is 6.08 Å². The van der Waals surface area contributed by atoms with Crippen molar-refractivity contribution in [1.82, 2.24) is 0 Å². The lowest BCUT2D eigenvalue weighted by molar-refractivity contribution is 0.208. The summed E-state index contributed by atoms with van der Waals surface area (Å²) in [6.45, 7) is 3.04. The van der Waals surface area contributed by atoms with Crippen molar-refractivity contribution in [2.45, 2.75) is 70.8 Å². The zero-order valence-electron chi connectivity index (χ0n) is 16.3. The van der Waals surface area contributed by atoms with E-state index in [1.165, 1.54) is 32.1 Å². The molecule has 0 spiro atoms. The maximum atomic E-state index is 10.0. The number of unbranched alkanes of at least 4 members (excludes halogenated alkanes) is 6. The van der Waals surface area contributed by atoms with E-state index < -0.39 is 0 Å². The lowest BCUT2D eigenvalue weighted by Crippen LogP contribution is -2.01. The third-order valence-corrected chi connectivity index (χ3v) is 4.30. The van der Waals surface area contributed by atoms with Gasteiger partial charge in [0.05, 0.1) is 12.7 Å². The van der Waals surface area contributed by atoms with Crippen LogP contribution in [0.25, 0.3) is 6.08 Å². The van der Waals surface area contributed by atoms with Crippen molar-refractivity contribution < 1.29 is 14.9 Å². The van der Waals surface area contributed by atoms with Gasteiger partial charge in [-0.3, -0.25) is 0 Å². The van der Waals surface area contributed by atoms with E-state index in [9.17, 15) is 5.11 Å². The highest BCUT2D eigenvalue weighted by molar-refractivity contribution is 5.58. The van der Waals surface area contributed by atoms with Crippen LogP contribution in [0.15, 0.2) is 42.5 Å². The van der Waals surface area contributed by atoms with Gasteiger partial charge in [0.15, 0.2) is 0 Å². The molecule has 0 saturated carbocycles. The molecule has 0 aromatic heterocycles. The Hall–Kier alpha value is -1.58. The van der Waals surface area contributed by atoms with Crippen LogP contribution in [0.1, 0.15) is 70.3 Å². The third kappa shape index (κ3) is 11.1. The van der Waals surface area contributed by atoms with Crippen LogP contribution in [0, 0.1) is 0 Å². The molecule has 0 bridgehead atoms. The normalized spacial score (nSPS) is 12.9. The Balaban J connectivity index is 2.32. The molecule has 1 rings (SSSR count). The van der Waals surface area contributed by atoms with E-state index in [0.717, 1.165) is 37.0 Å². The molecule has 0 aliphatic rings. The quantitative estimate of drug-likeness (QED) is 0.320. The molecule has 0 aliphatic heterocycles. The van der Waals surface area contributed by atoms with Crippen LogP contribution in [-0.2, 0) is 0 Å². The van der Waals surface area contributed by atoms with E-state index in [-0.39, 0.29) is 12.7 Å². The number of ether oxygens (including phenoxy) is 1. The second kappa shape index (κ2) is 15.7. The van der Waals surface area contributed by atoms with Gasteiger partial charge in [0.2, 0.25) is 0 Å². The summed E-state index contributed by atoms with van der Waals surface area (Å²) in [6.07, 6.45) is 17.3. The van der Waals surface area contributed by atoms with Gasteiger partial charge in [-0.2, -0.15) is 0 Å². The average Bonchev–Trinajstić information content (AvgIpc) is 2.66. The lowest BCUT2D eigenvalue weighted by Gasteiger charge is -2.08. The van der Waals surface area contributed by atoms with Gasteiger partial charge in [-0.1, -0.05) is 88.0 Å². The summed E-state index contributed by atoms with van der Waals surface area (Å²) in [4.78, 5) is 0. The van der Waals surface area contributed by atoms with Gasteiger partial charge in [-0.25, -0.2) is 0 Å². The molecule has 26 heavy (non-hydrogen) atoms. The number of hydrogen-bond acceptors (Lipinski definition) is 3. The first-order valence-electron chi connectivity index (χ1n) is 10.1. The Morgan fingerprint density at radius 3 is 2.54 bits per heavy atom. The molecule has 0 saturated heterocycles. The fourth-order valence-electron chi connectivity index (χ4n) is 2.73. The highest BCUT2D eigenvalue weighted by Crippen LogP contribution is 2.20. The minimum absolute atomic E-state index is 0.205. The smallest absolute Gasteiger partial charge is 0.126 e. The van der Waals surface area contributed by atoms with Gasteiger partial charge in [-0.15, -0.1) is 0 Å². The first-order chi connectivity index (χ1) is 12.8. The summed E-state index contributed by atoms with van der Waals surface area (Å²) < 4.78 is 5.77. The number of allylic oxidation sites excluding steroid dienone is 2. The standard InChI is InChI=1S/C23H36O3/c1-2-3-4-5-6-7-16-22(25)17-10-8-14-21-15-9-11-18-23(21)26-20-13-12-19-24/h8-11,14-15,17-18,22,24-25H,2-7,12-13,16,19-20H2,1H3/b14-8+,17-10+/t22-/m0/s1. The van der Waals surface area contributed by atoms with Gasteiger partial charge in [0.25, 0.3) is 0 Å². The first kappa shape index (κ1) is 22.5. The predicted molar refractivity (Wildman–Crippen MR) is 110 cm³/mol. The Morgan fingerprint density at radius 2 is 1.73 bits per heavy atom. The average molecular weight is 361 g/mol. The summed E-state index contributed by atoms with van der Waals surface area (Å²) >= 11 is 0. The maximum Gasteiger partial charge on any atom is 0.126 e. The highest BCUT2D eigenvalue weighted by Gasteiger charge is 2.00. The second-order valence-electron chi connectivity index (χ2n) is 6.68. The highest BCUT2D eigenvalue weighted by atomic mass is 16.5. The van der Waals surface area contributed by atoms with Crippen LogP contribution >= 0.6 is 0 Å². The summed E-state index contributed by atoms with van der Waals surface area (Å²) in [5.74, 6) is 0.850. The number of para-hydroxylation sites is 1. The van der Waals surface area contributed by atoms with Gasteiger partial charge in [0.1, 0.15) is 5.75 Å². The zero-order valence-corrected chi connectivity index (χ0v) is 16.3. The van der Waals surface area contributed by atoms with Gasteiger partial charge < -0.3 is 14.9 Å². The number of aliphatic hydroxyl groups is 2. The fraction of sp³-hybridized carbons (Fsp3) is 0.565. The zero-order chi connectivity index (χ0) is 18.9. The number of aliphatic hydroxyl groups excluding tert-OH is 2. The largest absolute Gasteiger partial charge is 0.493 e. The fourth-order valence-corrected chi connectivity index (χ4v) is 2.73. The van der Waals surface area contributed by atoms with Gasteiger partial charge in [-0.05, 0) is 25.3 Å². The second-order valence-corrected chi connectivity index (χ2v) is 6.68. The Kier molecular flexibility index (Phi) is 13.5. The molecule has 3 nitrogen and oxygen atoms in total. The van der Waals surface area contributed by atoms with Crippen LogP contribution in [0.4, 0.5) is 0 Å². The maximum absolute atomic E-state index is 10.0. The molecule has 0 aliphatic carbocycles. The van der Waals surface area contributed by atoms with E-state index in [2.05, 4.69) is 6.92 Å². The number of benzene rings is 1. The Bertz CT molecular complexity index is 508. The van der Waals surface area contributed by atoms with Crippen molar-refractivity contribution in [2.75, 3.05) is 13.2 Å². The molecule has 1 aromatic carbocycles. The van der Waals surface area contributed by atoms with Crippen LogP contribution in [0.3, 0.4) is 0 Å². The van der Waals surface area contributed by atoms with Crippen molar-refractivity contribution in [3.05, 3.63) is 48.1 Å². The van der Waals surface area contributed by atoms with E-state index >= 15 is 0 Å². The Labute approximate surface area is 159 Å². The molecular weight excluding hydrogens is 324 g/mol. The molecule has 0 heterocycles. The molecule has 2 N–H and O–H groups in total. The molecule has 3 heteroatoms. The third-order valence-electron chi connectivity index (χ3n) is 4.30. The van der Waals surface area contributed by atoms with Crippen molar-refractivity contribution in [3.63, 3.8) is 0 Å². The predicted octanol–water partition coefficient (Wildman–Crippen LogP) is 5.52. The monoisotopic (exact) mass is 360 g/mol. The summed E-state index contributed by atoms with van der Waals surface area (Å²) in [6, 6.07) is 7.91. The molecule has 1 atom stereocenters. The van der Waals surface area contributed by atoms with E-state index in [0.29, 0.717) is 6.61 Å². The van der Waals surface area contributed by atoms with E-state index in [1.54, 1.807) is 0 Å². The van der Waals surface area contributed by atoms with Crippen LogP contribution in [0.2, 0.25) is 0 Å².